The van der Waals surface area contributed by atoms with Crippen molar-refractivity contribution < 1.29 is 19.1 Å². The van der Waals surface area contributed by atoms with Crippen molar-refractivity contribution in [3.63, 3.8) is 0 Å². The molecule has 1 rings (SSSR count). The van der Waals surface area contributed by atoms with Crippen LogP contribution in [0.15, 0.2) is 0 Å². The number of hydrogen-bond acceptors (Lipinski definition) is 4. The summed E-state index contributed by atoms with van der Waals surface area (Å²) in [5, 5.41) is 3.00. The normalized spacial score (nSPS) is 23.7. The van der Waals surface area contributed by atoms with Crippen molar-refractivity contribution in [3.8, 4) is 0 Å². The first-order valence-electron chi connectivity index (χ1n) is 8.05. The summed E-state index contributed by atoms with van der Waals surface area (Å²) in [6.07, 6.45) is 4.65. The van der Waals surface area contributed by atoms with Gasteiger partial charge in [-0.15, -0.1) is 0 Å². The van der Waals surface area contributed by atoms with E-state index in [2.05, 4.69) is 19.2 Å². The highest BCUT2D eigenvalue weighted by Gasteiger charge is 2.29. The van der Waals surface area contributed by atoms with Gasteiger partial charge in [-0.05, 0) is 45.4 Å². The van der Waals surface area contributed by atoms with Crippen LogP contribution in [0.3, 0.4) is 0 Å². The zero-order chi connectivity index (χ0) is 15.8. The van der Waals surface area contributed by atoms with Gasteiger partial charge >= 0.3 is 5.97 Å². The molecule has 1 fully saturated rings. The van der Waals surface area contributed by atoms with Gasteiger partial charge in [0, 0.05) is 6.04 Å². The summed E-state index contributed by atoms with van der Waals surface area (Å²) in [7, 11) is 1.43. The van der Waals surface area contributed by atoms with Crippen LogP contribution in [0.5, 0.6) is 0 Å². The van der Waals surface area contributed by atoms with Crippen molar-refractivity contribution in [2.45, 2.75) is 77.5 Å². The van der Waals surface area contributed by atoms with Crippen LogP contribution >= 0.6 is 0 Å². The van der Waals surface area contributed by atoms with Gasteiger partial charge in [0.05, 0.1) is 19.1 Å². The lowest BCUT2D eigenvalue weighted by Crippen LogP contribution is -2.42. The van der Waals surface area contributed by atoms with Crippen molar-refractivity contribution in [1.82, 2.24) is 5.32 Å². The zero-order valence-electron chi connectivity index (χ0n) is 13.7. The molecule has 0 aromatic rings. The molecule has 5 nitrogen and oxygen atoms in total. The predicted octanol–water partition coefficient (Wildman–Crippen LogP) is 2.43. The Morgan fingerprint density at radius 3 is 2.19 bits per heavy atom. The molecule has 1 aliphatic rings. The van der Waals surface area contributed by atoms with Crippen LogP contribution in [0.4, 0.5) is 0 Å². The van der Waals surface area contributed by atoms with Gasteiger partial charge in [0.2, 0.25) is 5.91 Å². The molecule has 1 unspecified atom stereocenters. The Morgan fingerprint density at radius 2 is 1.71 bits per heavy atom. The van der Waals surface area contributed by atoms with Crippen molar-refractivity contribution in [3.05, 3.63) is 0 Å². The highest BCUT2D eigenvalue weighted by Crippen LogP contribution is 2.27. The fourth-order valence-corrected chi connectivity index (χ4v) is 2.76. The van der Waals surface area contributed by atoms with E-state index in [1.165, 1.54) is 7.11 Å². The second kappa shape index (κ2) is 9.03. The predicted molar refractivity (Wildman–Crippen MR) is 80.8 cm³/mol. The Kier molecular flexibility index (Phi) is 7.72. The van der Waals surface area contributed by atoms with Gasteiger partial charge in [0.15, 0.2) is 0 Å². The van der Waals surface area contributed by atoms with E-state index < -0.39 is 6.10 Å². The van der Waals surface area contributed by atoms with E-state index in [-0.39, 0.29) is 29.9 Å². The summed E-state index contributed by atoms with van der Waals surface area (Å²) in [5.74, 6) is -0.185. The maximum atomic E-state index is 12.1. The summed E-state index contributed by atoms with van der Waals surface area (Å²) < 4.78 is 10.6. The fourth-order valence-electron chi connectivity index (χ4n) is 2.76. The van der Waals surface area contributed by atoms with Crippen LogP contribution in [-0.2, 0) is 19.1 Å². The van der Waals surface area contributed by atoms with Gasteiger partial charge in [-0.1, -0.05) is 13.8 Å². The van der Waals surface area contributed by atoms with Gasteiger partial charge in [0.25, 0.3) is 0 Å². The lowest BCUT2D eigenvalue weighted by Gasteiger charge is -2.29. The Bertz CT molecular complexity index is 333. The Labute approximate surface area is 127 Å². The minimum absolute atomic E-state index is 0.0106. The van der Waals surface area contributed by atoms with Crippen LogP contribution < -0.4 is 5.32 Å². The third-order valence-electron chi connectivity index (χ3n) is 4.31. The number of amides is 1. The number of methoxy groups -OCH3 is 1. The van der Waals surface area contributed by atoms with Gasteiger partial charge in [0.1, 0.15) is 6.10 Å². The van der Waals surface area contributed by atoms with Crippen LogP contribution in [0, 0.1) is 5.92 Å². The molecule has 1 saturated carbocycles. The number of nitrogens with one attached hydrogen (secondary N) is 1. The average molecular weight is 299 g/mol. The molecule has 0 aliphatic heterocycles. The quantitative estimate of drug-likeness (QED) is 0.733. The van der Waals surface area contributed by atoms with Crippen molar-refractivity contribution in [1.29, 1.82) is 0 Å². The summed E-state index contributed by atoms with van der Waals surface area (Å²) >= 11 is 0. The van der Waals surface area contributed by atoms with E-state index in [4.69, 9.17) is 9.47 Å². The summed E-state index contributed by atoms with van der Waals surface area (Å²) in [6, 6.07) is 0.221. The minimum Gasteiger partial charge on any atom is -0.469 e. The largest absolute Gasteiger partial charge is 0.469 e. The Hall–Kier alpha value is -1.10. The summed E-state index contributed by atoms with van der Waals surface area (Å²) in [4.78, 5) is 23.5. The molecule has 0 heterocycles. The smallest absolute Gasteiger partial charge is 0.308 e. The van der Waals surface area contributed by atoms with E-state index in [0.29, 0.717) is 0 Å². The van der Waals surface area contributed by atoms with Gasteiger partial charge in [-0.25, -0.2) is 0 Å². The van der Waals surface area contributed by atoms with E-state index in [9.17, 15) is 9.59 Å². The number of esters is 1. The first-order chi connectivity index (χ1) is 10.0. The number of hydrogen-bond donors (Lipinski definition) is 1. The Balaban J connectivity index is 2.34. The monoisotopic (exact) mass is 299 g/mol. The van der Waals surface area contributed by atoms with E-state index >= 15 is 0 Å². The van der Waals surface area contributed by atoms with Crippen molar-refractivity contribution >= 4 is 11.9 Å². The second-order valence-electron chi connectivity index (χ2n) is 5.80. The second-order valence-corrected chi connectivity index (χ2v) is 5.80. The number of rotatable bonds is 7. The minimum atomic E-state index is -0.440. The van der Waals surface area contributed by atoms with Crippen LogP contribution in [0.1, 0.15) is 59.3 Å². The molecule has 5 heteroatoms. The van der Waals surface area contributed by atoms with E-state index in [0.717, 1.165) is 38.5 Å². The highest BCUT2D eigenvalue weighted by atomic mass is 16.5. The maximum Gasteiger partial charge on any atom is 0.308 e. The number of ether oxygens (including phenoxy) is 2. The molecule has 1 atom stereocenters. The van der Waals surface area contributed by atoms with Crippen LogP contribution in [-0.4, -0.2) is 37.2 Å². The van der Waals surface area contributed by atoms with Crippen molar-refractivity contribution in [2.24, 2.45) is 5.92 Å². The lowest BCUT2D eigenvalue weighted by atomic mass is 9.87. The molecule has 1 aliphatic carbocycles. The molecule has 21 heavy (non-hydrogen) atoms. The number of carbonyl (C=O) groups is 2. The first kappa shape index (κ1) is 18.0. The first-order valence-corrected chi connectivity index (χ1v) is 8.05. The molecule has 1 amide bonds. The molecular formula is C16H29NO4. The summed E-state index contributed by atoms with van der Waals surface area (Å²) in [6.45, 7) is 5.92. The third-order valence-corrected chi connectivity index (χ3v) is 4.31. The molecule has 0 radical (unpaired) electrons. The van der Waals surface area contributed by atoms with Gasteiger partial charge in [-0.3, -0.25) is 9.59 Å². The molecule has 1 N–H and O–H groups in total. The topological polar surface area (TPSA) is 64.6 Å². The Morgan fingerprint density at radius 1 is 1.14 bits per heavy atom. The van der Waals surface area contributed by atoms with Gasteiger partial charge in [-0.2, -0.15) is 0 Å². The van der Waals surface area contributed by atoms with E-state index in [1.807, 2.05) is 0 Å². The maximum absolute atomic E-state index is 12.1. The van der Waals surface area contributed by atoms with E-state index in [1.54, 1.807) is 6.92 Å². The van der Waals surface area contributed by atoms with Gasteiger partial charge < -0.3 is 14.8 Å². The third kappa shape index (κ3) is 5.65. The molecule has 0 spiro atoms. The number of carbonyl (C=O) groups excluding carboxylic acids is 2. The standard InChI is InChI=1S/C16H29NO4/c1-5-13(6-2)17-15(18)11(3)21-14-9-7-12(8-10-14)16(19)20-4/h11-14H,5-10H2,1-4H3,(H,17,18). The molecule has 0 aromatic carbocycles. The van der Waals surface area contributed by atoms with Crippen molar-refractivity contribution in [2.75, 3.05) is 7.11 Å². The zero-order valence-corrected chi connectivity index (χ0v) is 13.7. The molecule has 122 valence electrons. The SMILES string of the molecule is CCC(CC)NC(=O)C(C)OC1CCC(C(=O)OC)CC1. The average Bonchev–Trinajstić information content (AvgIpc) is 2.52. The fraction of sp³-hybridized carbons (Fsp3) is 0.875. The molecule has 0 bridgehead atoms. The summed E-state index contributed by atoms with van der Waals surface area (Å²) in [5.41, 5.74) is 0. The molecular weight excluding hydrogens is 270 g/mol. The lowest BCUT2D eigenvalue weighted by molar-refractivity contribution is -0.149. The molecule has 0 aromatic heterocycles. The van der Waals surface area contributed by atoms with Crippen LogP contribution in [0.25, 0.3) is 0 Å². The molecule has 0 saturated heterocycles. The van der Waals surface area contributed by atoms with Crippen LogP contribution in [0.2, 0.25) is 0 Å². The highest BCUT2D eigenvalue weighted by molar-refractivity contribution is 5.80.